The number of benzene rings is 2. The van der Waals surface area contributed by atoms with Crippen molar-refractivity contribution in [3.63, 3.8) is 0 Å². The number of rotatable bonds is 2. The van der Waals surface area contributed by atoms with Gasteiger partial charge in [0.2, 0.25) is 0 Å². The first-order valence-electron chi connectivity index (χ1n) is 5.88. The Morgan fingerprint density at radius 2 is 1.29 bits per heavy atom. The SMILES string of the molecule is Cc1cc(C)cc(Sc2ccc(C)c(C)c2)c1. The van der Waals surface area contributed by atoms with E-state index in [1.807, 2.05) is 11.8 Å². The molecule has 2 aromatic carbocycles. The second-order valence-corrected chi connectivity index (χ2v) is 5.82. The van der Waals surface area contributed by atoms with Crippen LogP contribution in [-0.4, -0.2) is 0 Å². The molecule has 0 heterocycles. The second kappa shape index (κ2) is 4.97. The van der Waals surface area contributed by atoms with E-state index >= 15 is 0 Å². The molecular formula is C16H18S. The molecule has 0 aliphatic heterocycles. The molecular weight excluding hydrogens is 224 g/mol. The van der Waals surface area contributed by atoms with E-state index in [1.165, 1.54) is 32.0 Å². The fourth-order valence-electron chi connectivity index (χ4n) is 1.91. The van der Waals surface area contributed by atoms with Crippen molar-refractivity contribution in [3.8, 4) is 0 Å². The summed E-state index contributed by atoms with van der Waals surface area (Å²) in [5, 5.41) is 0. The van der Waals surface area contributed by atoms with Crippen molar-refractivity contribution in [2.45, 2.75) is 37.5 Å². The molecule has 0 bridgehead atoms. The Morgan fingerprint density at radius 3 is 1.88 bits per heavy atom. The molecule has 0 aliphatic rings. The third-order valence-electron chi connectivity index (χ3n) is 2.91. The Hall–Kier alpha value is -1.21. The molecule has 0 atom stereocenters. The van der Waals surface area contributed by atoms with Gasteiger partial charge in [0.15, 0.2) is 0 Å². The maximum absolute atomic E-state index is 2.26. The first kappa shape index (κ1) is 12.3. The van der Waals surface area contributed by atoms with Crippen LogP contribution in [0.5, 0.6) is 0 Å². The lowest BCUT2D eigenvalue weighted by atomic mass is 10.1. The van der Waals surface area contributed by atoms with Crippen molar-refractivity contribution in [1.82, 2.24) is 0 Å². The van der Waals surface area contributed by atoms with Crippen molar-refractivity contribution >= 4 is 11.8 Å². The highest BCUT2D eigenvalue weighted by Gasteiger charge is 2.01. The topological polar surface area (TPSA) is 0 Å². The van der Waals surface area contributed by atoms with Gasteiger partial charge in [-0.1, -0.05) is 23.9 Å². The number of hydrogen-bond acceptors (Lipinski definition) is 1. The highest BCUT2D eigenvalue weighted by Crippen LogP contribution is 2.30. The van der Waals surface area contributed by atoms with Crippen LogP contribution in [-0.2, 0) is 0 Å². The van der Waals surface area contributed by atoms with Gasteiger partial charge in [0.25, 0.3) is 0 Å². The van der Waals surface area contributed by atoms with Crippen molar-refractivity contribution in [1.29, 1.82) is 0 Å². The average molecular weight is 242 g/mol. The molecule has 0 nitrogen and oxygen atoms in total. The van der Waals surface area contributed by atoms with Crippen LogP contribution in [0.2, 0.25) is 0 Å². The van der Waals surface area contributed by atoms with Gasteiger partial charge in [-0.2, -0.15) is 0 Å². The Labute approximate surface area is 108 Å². The highest BCUT2D eigenvalue weighted by atomic mass is 32.2. The van der Waals surface area contributed by atoms with Crippen molar-refractivity contribution in [3.05, 3.63) is 58.7 Å². The van der Waals surface area contributed by atoms with Gasteiger partial charge >= 0.3 is 0 Å². The molecule has 0 N–H and O–H groups in total. The predicted molar refractivity (Wildman–Crippen MR) is 76.0 cm³/mol. The zero-order valence-corrected chi connectivity index (χ0v) is 11.7. The van der Waals surface area contributed by atoms with E-state index < -0.39 is 0 Å². The van der Waals surface area contributed by atoms with Gasteiger partial charge in [0.05, 0.1) is 0 Å². The van der Waals surface area contributed by atoms with Crippen LogP contribution in [0.1, 0.15) is 22.3 Å². The third-order valence-corrected chi connectivity index (χ3v) is 3.87. The third kappa shape index (κ3) is 3.13. The summed E-state index contributed by atoms with van der Waals surface area (Å²) in [5.41, 5.74) is 5.38. The minimum Gasteiger partial charge on any atom is -0.0901 e. The summed E-state index contributed by atoms with van der Waals surface area (Å²) in [6, 6.07) is 13.4. The molecule has 2 rings (SSSR count). The van der Waals surface area contributed by atoms with Crippen molar-refractivity contribution in [2.24, 2.45) is 0 Å². The molecule has 0 fully saturated rings. The Balaban J connectivity index is 2.28. The molecule has 0 saturated heterocycles. The molecule has 0 unspecified atom stereocenters. The molecule has 17 heavy (non-hydrogen) atoms. The summed E-state index contributed by atoms with van der Waals surface area (Å²) in [7, 11) is 0. The smallest absolute Gasteiger partial charge is 0.0127 e. The molecule has 0 amide bonds. The zero-order valence-electron chi connectivity index (χ0n) is 10.9. The van der Waals surface area contributed by atoms with E-state index in [1.54, 1.807) is 0 Å². The van der Waals surface area contributed by atoms with Gasteiger partial charge in [-0.25, -0.2) is 0 Å². The lowest BCUT2D eigenvalue weighted by Crippen LogP contribution is -1.83. The average Bonchev–Trinajstić information content (AvgIpc) is 2.22. The summed E-state index contributed by atoms with van der Waals surface area (Å²) < 4.78 is 0. The Kier molecular flexibility index (Phi) is 3.58. The van der Waals surface area contributed by atoms with E-state index in [-0.39, 0.29) is 0 Å². The largest absolute Gasteiger partial charge is 0.0901 e. The lowest BCUT2D eigenvalue weighted by Gasteiger charge is -2.07. The van der Waals surface area contributed by atoms with E-state index in [0.717, 1.165) is 0 Å². The second-order valence-electron chi connectivity index (χ2n) is 4.67. The Bertz CT molecular complexity index is 521. The highest BCUT2D eigenvalue weighted by molar-refractivity contribution is 7.99. The number of hydrogen-bond donors (Lipinski definition) is 0. The maximum Gasteiger partial charge on any atom is 0.0127 e. The fourth-order valence-corrected chi connectivity index (χ4v) is 3.04. The van der Waals surface area contributed by atoms with Gasteiger partial charge in [-0.15, -0.1) is 0 Å². The maximum atomic E-state index is 2.26. The molecule has 1 heteroatoms. The van der Waals surface area contributed by atoms with Crippen LogP contribution in [0.4, 0.5) is 0 Å². The van der Waals surface area contributed by atoms with Crippen LogP contribution in [0.25, 0.3) is 0 Å². The van der Waals surface area contributed by atoms with E-state index in [0.29, 0.717) is 0 Å². The van der Waals surface area contributed by atoms with Crippen LogP contribution in [0.15, 0.2) is 46.2 Å². The lowest BCUT2D eigenvalue weighted by molar-refractivity contribution is 1.26. The monoisotopic (exact) mass is 242 g/mol. The molecule has 0 saturated carbocycles. The zero-order chi connectivity index (χ0) is 12.4. The van der Waals surface area contributed by atoms with Gasteiger partial charge < -0.3 is 0 Å². The molecule has 2 aromatic rings. The molecule has 0 spiro atoms. The van der Waals surface area contributed by atoms with Crippen LogP contribution in [0.3, 0.4) is 0 Å². The van der Waals surface area contributed by atoms with E-state index in [9.17, 15) is 0 Å². The predicted octanol–water partition coefficient (Wildman–Crippen LogP) is 5.07. The van der Waals surface area contributed by atoms with Crippen LogP contribution >= 0.6 is 11.8 Å². The van der Waals surface area contributed by atoms with Crippen LogP contribution in [0, 0.1) is 27.7 Å². The van der Waals surface area contributed by atoms with Crippen LogP contribution < -0.4 is 0 Å². The van der Waals surface area contributed by atoms with Crippen molar-refractivity contribution < 1.29 is 0 Å². The standard InChI is InChI=1S/C16H18S/c1-11-7-12(2)9-16(8-11)17-15-6-5-13(3)14(4)10-15/h5-10H,1-4H3. The van der Waals surface area contributed by atoms with Crippen molar-refractivity contribution in [2.75, 3.05) is 0 Å². The normalized spacial score (nSPS) is 10.6. The van der Waals surface area contributed by atoms with Gasteiger partial charge in [0.1, 0.15) is 0 Å². The quantitative estimate of drug-likeness (QED) is 0.708. The summed E-state index contributed by atoms with van der Waals surface area (Å²) in [6.07, 6.45) is 0. The minimum absolute atomic E-state index is 1.32. The summed E-state index contributed by atoms with van der Waals surface area (Å²) in [6.45, 7) is 8.62. The minimum atomic E-state index is 1.32. The first-order chi connectivity index (χ1) is 8.04. The molecule has 88 valence electrons. The first-order valence-corrected chi connectivity index (χ1v) is 6.69. The summed E-state index contributed by atoms with van der Waals surface area (Å²) in [5.74, 6) is 0. The fraction of sp³-hybridized carbons (Fsp3) is 0.250. The summed E-state index contributed by atoms with van der Waals surface area (Å²) >= 11 is 1.84. The van der Waals surface area contributed by atoms with Gasteiger partial charge in [-0.05, 0) is 74.2 Å². The van der Waals surface area contributed by atoms with Gasteiger partial charge in [-0.3, -0.25) is 0 Å². The van der Waals surface area contributed by atoms with E-state index in [4.69, 9.17) is 0 Å². The molecule has 0 aliphatic carbocycles. The van der Waals surface area contributed by atoms with E-state index in [2.05, 4.69) is 64.1 Å². The summed E-state index contributed by atoms with van der Waals surface area (Å²) in [4.78, 5) is 2.64. The molecule has 0 radical (unpaired) electrons. The molecule has 0 aromatic heterocycles. The van der Waals surface area contributed by atoms with Gasteiger partial charge in [0, 0.05) is 9.79 Å². The Morgan fingerprint density at radius 1 is 0.647 bits per heavy atom. The number of aryl methyl sites for hydroxylation is 4.